The molecule has 0 amide bonds. The van der Waals surface area contributed by atoms with Crippen LogP contribution in [0.1, 0.15) is 0 Å². The third-order valence-electron chi connectivity index (χ3n) is 14.2. The molecule has 2 aliphatic rings. The lowest BCUT2D eigenvalue weighted by Gasteiger charge is -2.44. The molecule has 0 N–H and O–H groups in total. The van der Waals surface area contributed by atoms with Gasteiger partial charge in [-0.15, -0.1) is 0 Å². The molecule has 0 fully saturated rings. The maximum absolute atomic E-state index is 8.32. The van der Waals surface area contributed by atoms with Crippen molar-refractivity contribution in [3.05, 3.63) is 254 Å². The molecule has 8 heteroatoms. The Balaban J connectivity index is 0.975. The van der Waals surface area contributed by atoms with Gasteiger partial charge in [0.2, 0.25) is 0 Å². The Kier molecular flexibility index (Phi) is 9.54. The Morgan fingerprint density at radius 3 is 1.40 bits per heavy atom. The first-order chi connectivity index (χ1) is 35.7. The second-order valence-corrected chi connectivity index (χ2v) is 18.3. The average molecular weight is 918 g/mol. The average Bonchev–Trinajstić information content (AvgIpc) is 3.79. The molecule has 0 radical (unpaired) electrons. The monoisotopic (exact) mass is 917 g/mol. The van der Waals surface area contributed by atoms with Crippen molar-refractivity contribution in [3.8, 4) is 51.0 Å². The van der Waals surface area contributed by atoms with Gasteiger partial charge in [0.15, 0.2) is 23.2 Å². The van der Waals surface area contributed by atoms with Gasteiger partial charge in [-0.3, -0.25) is 0 Å². The third-order valence-corrected chi connectivity index (χ3v) is 14.2. The fourth-order valence-electron chi connectivity index (χ4n) is 11.1. The van der Waals surface area contributed by atoms with Crippen LogP contribution in [0.2, 0.25) is 0 Å². The fourth-order valence-corrected chi connectivity index (χ4v) is 11.1. The summed E-state index contributed by atoms with van der Waals surface area (Å²) in [4.78, 5) is 24.0. The maximum atomic E-state index is 8.32. The summed E-state index contributed by atoms with van der Waals surface area (Å²) in [6, 6.07) is 85.4. The van der Waals surface area contributed by atoms with E-state index in [-0.39, 0.29) is 6.71 Å². The van der Waals surface area contributed by atoms with Gasteiger partial charge in [0.05, 0.1) is 17.6 Å². The minimum atomic E-state index is 0.0281. The van der Waals surface area contributed by atoms with E-state index in [1.54, 1.807) is 0 Å². The van der Waals surface area contributed by atoms with Crippen LogP contribution in [0, 0.1) is 6.57 Å². The Hall–Kier alpha value is -9.84. The van der Waals surface area contributed by atoms with Crippen molar-refractivity contribution in [3.63, 3.8) is 0 Å². The molecule has 334 valence electrons. The van der Waals surface area contributed by atoms with Gasteiger partial charge in [-0.1, -0.05) is 158 Å². The Bertz CT molecular complexity index is 3960. The van der Waals surface area contributed by atoms with Crippen LogP contribution >= 0.6 is 0 Å². The first-order valence-corrected chi connectivity index (χ1v) is 24.2. The van der Waals surface area contributed by atoms with Crippen LogP contribution in [-0.4, -0.2) is 26.2 Å². The first-order valence-electron chi connectivity index (χ1n) is 24.2. The summed E-state index contributed by atoms with van der Waals surface area (Å²) in [5.41, 5.74) is 18.8. The van der Waals surface area contributed by atoms with Gasteiger partial charge < -0.3 is 14.4 Å². The lowest BCUT2D eigenvalue weighted by Crippen LogP contribution is -2.61. The second-order valence-electron chi connectivity index (χ2n) is 18.3. The number of para-hydroxylation sites is 5. The zero-order valence-electron chi connectivity index (χ0n) is 38.8. The van der Waals surface area contributed by atoms with E-state index in [1.165, 1.54) is 27.8 Å². The third kappa shape index (κ3) is 6.63. The van der Waals surface area contributed by atoms with Crippen LogP contribution < -0.4 is 26.2 Å². The van der Waals surface area contributed by atoms with Crippen LogP contribution in [0.5, 0.6) is 0 Å². The number of benzene rings is 10. The van der Waals surface area contributed by atoms with Crippen molar-refractivity contribution in [1.82, 2.24) is 19.5 Å². The predicted molar refractivity (Wildman–Crippen MR) is 296 cm³/mol. The Morgan fingerprint density at radius 2 is 0.833 bits per heavy atom. The van der Waals surface area contributed by atoms with E-state index in [2.05, 4.69) is 189 Å². The van der Waals surface area contributed by atoms with Gasteiger partial charge in [-0.05, 0) is 112 Å². The van der Waals surface area contributed by atoms with Gasteiger partial charge in [0.25, 0.3) is 6.71 Å². The number of hydrogen-bond acceptors (Lipinski definition) is 5. The highest BCUT2D eigenvalue weighted by Crippen LogP contribution is 2.47. The van der Waals surface area contributed by atoms with Crippen LogP contribution in [0.15, 0.2) is 243 Å². The molecule has 4 heterocycles. The molecule has 0 bridgehead atoms. The van der Waals surface area contributed by atoms with Crippen molar-refractivity contribution in [1.29, 1.82) is 0 Å². The first kappa shape index (κ1) is 41.2. The van der Waals surface area contributed by atoms with E-state index in [9.17, 15) is 0 Å². The second kappa shape index (κ2) is 16.7. The Morgan fingerprint density at radius 1 is 0.347 bits per heavy atom. The minimum absolute atomic E-state index is 0.0281. The van der Waals surface area contributed by atoms with Gasteiger partial charge >= 0.3 is 0 Å². The van der Waals surface area contributed by atoms with Crippen molar-refractivity contribution in [2.75, 3.05) is 9.80 Å². The van der Waals surface area contributed by atoms with Crippen LogP contribution in [0.25, 0.3) is 77.6 Å². The quantitative estimate of drug-likeness (QED) is 0.118. The zero-order valence-corrected chi connectivity index (χ0v) is 38.8. The topological polar surface area (TPSA) is 54.4 Å². The highest BCUT2D eigenvalue weighted by atomic mass is 15.2. The van der Waals surface area contributed by atoms with E-state index < -0.39 is 0 Å². The Labute approximate surface area is 417 Å². The summed E-state index contributed by atoms with van der Waals surface area (Å²) in [7, 11) is 0. The molecule has 72 heavy (non-hydrogen) atoms. The van der Waals surface area contributed by atoms with Crippen molar-refractivity contribution < 1.29 is 0 Å². The summed E-state index contributed by atoms with van der Waals surface area (Å²) >= 11 is 0. The van der Waals surface area contributed by atoms with Gasteiger partial charge in [0, 0.05) is 67.3 Å². The SMILES string of the molecule is [C-]#[N+]c1cc(-c2nc(-c3ccccc3)nc(-c3ccccc3)n2)cc(-n2c3ccccc3c3cc(-c4cc5c6c(c4)N(c4ccccc4)c4ccccc4B6c4ccccc4N5c4ccccc4)ccc32)c1. The summed E-state index contributed by atoms with van der Waals surface area (Å²) < 4.78 is 2.27. The van der Waals surface area contributed by atoms with Crippen LogP contribution in [0.4, 0.5) is 39.8 Å². The lowest BCUT2D eigenvalue weighted by atomic mass is 9.33. The standard InChI is InChI=1S/C64H40BN7/c1-66-47-36-46(64-68-62(42-20-6-2-7-21-42)67-63(69-64)43-22-8-3-9-23-43)37-50(41-47)72-55-31-17-14-28-51(55)52-38-44(34-35-56(52)72)45-39-59-61-60(40-45)71(49-26-12-5-13-27-49)58-33-19-16-30-54(58)65(61)53-29-15-18-32-57(53)70(59)48-24-10-4-11-25-48/h2-41H. The molecule has 0 spiro atoms. The number of aromatic nitrogens is 4. The number of anilines is 6. The van der Waals surface area contributed by atoms with E-state index in [0.717, 1.165) is 78.1 Å². The number of fused-ring (bicyclic) bond motifs is 7. The highest BCUT2D eigenvalue weighted by Gasteiger charge is 2.43. The molecule has 2 aliphatic heterocycles. The van der Waals surface area contributed by atoms with Crippen molar-refractivity contribution in [2.24, 2.45) is 0 Å². The molecular weight excluding hydrogens is 878 g/mol. The summed E-state index contributed by atoms with van der Waals surface area (Å²) in [5, 5.41) is 2.22. The molecule has 7 nitrogen and oxygen atoms in total. The maximum Gasteiger partial charge on any atom is 0.252 e. The van der Waals surface area contributed by atoms with E-state index in [1.807, 2.05) is 72.8 Å². The molecule has 2 aromatic heterocycles. The fraction of sp³-hybridized carbons (Fsp3) is 0. The zero-order chi connectivity index (χ0) is 47.7. The number of hydrogen-bond donors (Lipinski definition) is 0. The lowest BCUT2D eigenvalue weighted by molar-refractivity contribution is 1.07. The van der Waals surface area contributed by atoms with E-state index in [4.69, 9.17) is 21.5 Å². The smallest absolute Gasteiger partial charge is 0.252 e. The minimum Gasteiger partial charge on any atom is -0.311 e. The highest BCUT2D eigenvalue weighted by molar-refractivity contribution is 7.00. The molecule has 0 aliphatic carbocycles. The largest absolute Gasteiger partial charge is 0.311 e. The molecule has 0 unspecified atom stereocenters. The normalized spacial score (nSPS) is 12.3. The van der Waals surface area contributed by atoms with Crippen LogP contribution in [0.3, 0.4) is 0 Å². The van der Waals surface area contributed by atoms with Crippen LogP contribution in [-0.2, 0) is 0 Å². The predicted octanol–water partition coefficient (Wildman–Crippen LogP) is 14.3. The van der Waals surface area contributed by atoms with Crippen molar-refractivity contribution >= 4 is 84.7 Å². The van der Waals surface area contributed by atoms with Gasteiger partial charge in [-0.2, -0.15) is 0 Å². The summed E-state index contributed by atoms with van der Waals surface area (Å²) in [6.07, 6.45) is 0. The van der Waals surface area contributed by atoms with Gasteiger partial charge in [-0.25, -0.2) is 19.8 Å². The molecule has 0 saturated heterocycles. The van der Waals surface area contributed by atoms with Crippen molar-refractivity contribution in [2.45, 2.75) is 0 Å². The number of rotatable bonds is 7. The summed E-state index contributed by atoms with van der Waals surface area (Å²) in [5.74, 6) is 1.63. The number of nitrogens with zero attached hydrogens (tertiary/aromatic N) is 7. The van der Waals surface area contributed by atoms with Gasteiger partial charge in [0.1, 0.15) is 0 Å². The molecular formula is C64H40BN7. The molecule has 14 rings (SSSR count). The molecule has 0 saturated carbocycles. The van der Waals surface area contributed by atoms with E-state index in [0.29, 0.717) is 23.2 Å². The van der Waals surface area contributed by atoms with E-state index >= 15 is 0 Å². The molecule has 10 aromatic carbocycles. The molecule has 0 atom stereocenters. The summed E-state index contributed by atoms with van der Waals surface area (Å²) in [6.45, 7) is 8.35. The molecule has 12 aromatic rings.